The van der Waals surface area contributed by atoms with Crippen molar-refractivity contribution in [2.45, 2.75) is 41.4 Å². The van der Waals surface area contributed by atoms with Crippen LogP contribution in [0.5, 0.6) is 0 Å². The normalized spacial score (nSPS) is 17.5. The number of thioether (sulfide) groups is 1. The van der Waals surface area contributed by atoms with E-state index in [1.807, 2.05) is 0 Å². The molecule has 2 aromatic rings. The van der Waals surface area contributed by atoms with Crippen LogP contribution in [-0.4, -0.2) is 48.1 Å². The van der Waals surface area contributed by atoms with Crippen molar-refractivity contribution in [3.63, 3.8) is 0 Å². The first kappa shape index (κ1) is 24.4. The van der Waals surface area contributed by atoms with Crippen LogP contribution < -0.4 is 5.32 Å². The molecule has 1 aliphatic rings. The lowest BCUT2D eigenvalue weighted by Crippen LogP contribution is -2.45. The molecule has 6 nitrogen and oxygen atoms in total. The molecule has 13 heteroatoms. The van der Waals surface area contributed by atoms with Crippen molar-refractivity contribution in [3.05, 3.63) is 53.9 Å². The first-order valence-electron chi connectivity index (χ1n) is 9.36. The molecule has 1 aliphatic heterocycles. The number of alkyl halides is 3. The molecule has 3 rings (SSSR count). The number of nitrogens with zero attached hydrogens (tertiary/aromatic N) is 2. The van der Waals surface area contributed by atoms with Crippen LogP contribution in [0.3, 0.4) is 0 Å². The summed E-state index contributed by atoms with van der Waals surface area (Å²) in [7, 11) is -4.24. The van der Waals surface area contributed by atoms with Crippen LogP contribution in [0.1, 0.15) is 18.5 Å². The molecule has 0 saturated carbocycles. The quantitative estimate of drug-likeness (QED) is 0.470. The zero-order valence-electron chi connectivity index (χ0n) is 16.4. The maximum absolute atomic E-state index is 13.5. The van der Waals surface area contributed by atoms with Gasteiger partial charge < -0.3 is 5.32 Å². The topological polar surface area (TPSA) is 79.4 Å². The summed E-state index contributed by atoms with van der Waals surface area (Å²) in [5, 5.41) is 2.54. The van der Waals surface area contributed by atoms with Gasteiger partial charge in [0, 0.05) is 17.6 Å². The summed E-state index contributed by atoms with van der Waals surface area (Å²) in [5.41, 5.74) is 0.304. The van der Waals surface area contributed by atoms with Gasteiger partial charge in [-0.15, -0.1) is 11.8 Å². The van der Waals surface area contributed by atoms with Crippen molar-refractivity contribution in [1.29, 1.82) is 0 Å². The van der Waals surface area contributed by atoms with Crippen LogP contribution in [0.25, 0.3) is 0 Å². The summed E-state index contributed by atoms with van der Waals surface area (Å²) in [4.78, 5) is 16.5. The molecular formula is C19H18F5N3O3S2. The Morgan fingerprint density at radius 2 is 1.94 bits per heavy atom. The molecule has 1 saturated heterocycles. The molecule has 0 radical (unpaired) electrons. The van der Waals surface area contributed by atoms with Gasteiger partial charge in [0.25, 0.3) is 0 Å². The minimum atomic E-state index is -4.33. The van der Waals surface area contributed by atoms with E-state index in [1.165, 1.54) is 18.3 Å². The maximum atomic E-state index is 13.5. The number of hydrogen-bond acceptors (Lipinski definition) is 5. The second-order valence-electron chi connectivity index (χ2n) is 6.95. The number of pyridine rings is 1. The Balaban J connectivity index is 1.67. The molecule has 0 aliphatic carbocycles. The highest BCUT2D eigenvalue weighted by Crippen LogP contribution is 2.28. The van der Waals surface area contributed by atoms with E-state index >= 15 is 0 Å². The van der Waals surface area contributed by atoms with E-state index in [0.717, 1.165) is 10.4 Å². The lowest BCUT2D eigenvalue weighted by Gasteiger charge is -2.23. The number of carbonyl (C=O) groups excluding carboxylic acids is 1. The Bertz CT molecular complexity index is 1100. The number of halogens is 5. The van der Waals surface area contributed by atoms with E-state index in [9.17, 15) is 35.2 Å². The van der Waals surface area contributed by atoms with Gasteiger partial charge in [-0.2, -0.15) is 17.5 Å². The smallest absolute Gasteiger partial charge is 0.349 e. The SMILES string of the molecule is O=C(NCc1cc(SCC(F)(F)F)ccn1)[C@@H]1CCCN1S(=O)(=O)c1ccc(F)c(F)c1. The highest BCUT2D eigenvalue weighted by molar-refractivity contribution is 7.99. The fourth-order valence-electron chi connectivity index (χ4n) is 3.17. The number of amides is 1. The Morgan fingerprint density at radius 1 is 1.19 bits per heavy atom. The maximum Gasteiger partial charge on any atom is 0.398 e. The van der Waals surface area contributed by atoms with Crippen molar-refractivity contribution >= 4 is 27.7 Å². The van der Waals surface area contributed by atoms with Crippen LogP contribution in [0, 0.1) is 11.6 Å². The number of rotatable bonds is 7. The number of aromatic nitrogens is 1. The van der Waals surface area contributed by atoms with Crippen molar-refractivity contribution in [2.24, 2.45) is 0 Å². The lowest BCUT2D eigenvalue weighted by molar-refractivity contribution is -0.124. The van der Waals surface area contributed by atoms with Crippen LogP contribution in [0.15, 0.2) is 46.3 Å². The predicted octanol–water partition coefficient (Wildman–Crippen LogP) is 3.48. The van der Waals surface area contributed by atoms with E-state index in [-0.39, 0.29) is 19.5 Å². The van der Waals surface area contributed by atoms with E-state index in [2.05, 4.69) is 10.3 Å². The zero-order chi connectivity index (χ0) is 23.5. The number of nitrogens with one attached hydrogen (secondary N) is 1. The number of sulfonamides is 1. The molecule has 0 unspecified atom stereocenters. The van der Waals surface area contributed by atoms with Crippen molar-refractivity contribution in [1.82, 2.24) is 14.6 Å². The summed E-state index contributed by atoms with van der Waals surface area (Å²) in [6.07, 6.45) is -2.39. The van der Waals surface area contributed by atoms with Gasteiger partial charge in [-0.05, 0) is 43.2 Å². The van der Waals surface area contributed by atoms with Crippen LogP contribution in [-0.2, 0) is 21.4 Å². The minimum absolute atomic E-state index is 0.0290. The summed E-state index contributed by atoms with van der Waals surface area (Å²) < 4.78 is 90.4. The minimum Gasteiger partial charge on any atom is -0.349 e. The Kier molecular flexibility index (Phi) is 7.40. The van der Waals surface area contributed by atoms with E-state index in [1.54, 1.807) is 0 Å². The first-order chi connectivity index (χ1) is 15.0. The molecule has 1 aromatic heterocycles. The summed E-state index contributed by atoms with van der Waals surface area (Å²) in [6, 6.07) is 3.94. The van der Waals surface area contributed by atoms with Gasteiger partial charge in [0.05, 0.1) is 22.9 Å². The third kappa shape index (κ3) is 5.95. The summed E-state index contributed by atoms with van der Waals surface area (Å²) >= 11 is 0.582. The lowest BCUT2D eigenvalue weighted by atomic mass is 10.2. The molecule has 1 aromatic carbocycles. The Labute approximate surface area is 185 Å². The van der Waals surface area contributed by atoms with Gasteiger partial charge >= 0.3 is 6.18 Å². The average molecular weight is 495 g/mol. The van der Waals surface area contributed by atoms with E-state index < -0.39 is 50.4 Å². The second-order valence-corrected chi connectivity index (χ2v) is 9.89. The summed E-state index contributed by atoms with van der Waals surface area (Å²) in [6.45, 7) is -0.0873. The number of benzene rings is 1. The third-order valence-electron chi connectivity index (χ3n) is 4.64. The molecular weight excluding hydrogens is 477 g/mol. The zero-order valence-corrected chi connectivity index (χ0v) is 18.0. The molecule has 174 valence electrons. The van der Waals surface area contributed by atoms with Gasteiger partial charge in [-0.1, -0.05) is 0 Å². The molecule has 1 amide bonds. The Morgan fingerprint density at radius 3 is 2.62 bits per heavy atom. The predicted molar refractivity (Wildman–Crippen MR) is 106 cm³/mol. The Hall–Kier alpha value is -2.25. The highest BCUT2D eigenvalue weighted by Gasteiger charge is 2.39. The standard InChI is InChI=1S/C19H18F5N3O3S2/c20-15-4-3-14(9-16(15)21)32(29,30)27-7-1-2-17(27)18(28)26-10-12-8-13(5-6-25-12)31-11-19(22,23)24/h3-6,8-9,17H,1-2,7,10-11H2,(H,26,28)/t17-/m0/s1. The van der Waals surface area contributed by atoms with Crippen molar-refractivity contribution in [3.8, 4) is 0 Å². The highest BCUT2D eigenvalue weighted by atomic mass is 32.2. The van der Waals surface area contributed by atoms with Gasteiger partial charge in [-0.25, -0.2) is 17.2 Å². The number of hydrogen-bond donors (Lipinski definition) is 1. The van der Waals surface area contributed by atoms with E-state index in [4.69, 9.17) is 0 Å². The fraction of sp³-hybridized carbons (Fsp3) is 0.368. The summed E-state index contributed by atoms with van der Waals surface area (Å²) in [5.74, 6) is -4.20. The van der Waals surface area contributed by atoms with Crippen LogP contribution >= 0.6 is 11.8 Å². The van der Waals surface area contributed by atoms with Crippen LogP contribution in [0.4, 0.5) is 22.0 Å². The number of carbonyl (C=O) groups is 1. The van der Waals surface area contributed by atoms with Gasteiger partial charge in [0.15, 0.2) is 11.6 Å². The van der Waals surface area contributed by atoms with Gasteiger partial charge in [0.2, 0.25) is 15.9 Å². The molecule has 32 heavy (non-hydrogen) atoms. The first-order valence-corrected chi connectivity index (χ1v) is 11.8. The fourth-order valence-corrected chi connectivity index (χ4v) is 5.54. The second kappa shape index (κ2) is 9.71. The third-order valence-corrected chi connectivity index (χ3v) is 7.60. The molecule has 0 bridgehead atoms. The molecule has 1 atom stereocenters. The van der Waals surface area contributed by atoms with E-state index in [0.29, 0.717) is 40.9 Å². The average Bonchev–Trinajstić information content (AvgIpc) is 3.23. The van der Waals surface area contributed by atoms with Crippen LogP contribution in [0.2, 0.25) is 0 Å². The van der Waals surface area contributed by atoms with Gasteiger partial charge in [-0.3, -0.25) is 9.78 Å². The largest absolute Gasteiger partial charge is 0.398 e. The van der Waals surface area contributed by atoms with Crippen molar-refractivity contribution < 1.29 is 35.2 Å². The monoisotopic (exact) mass is 495 g/mol. The molecule has 2 heterocycles. The molecule has 0 spiro atoms. The van der Waals surface area contributed by atoms with Gasteiger partial charge in [0.1, 0.15) is 6.04 Å². The molecule has 1 fully saturated rings. The molecule has 1 N–H and O–H groups in total. The van der Waals surface area contributed by atoms with Crippen molar-refractivity contribution in [2.75, 3.05) is 12.3 Å².